The summed E-state index contributed by atoms with van der Waals surface area (Å²) >= 11 is 0. The fraction of sp³-hybridized carbons (Fsp3) is 0.533. The highest BCUT2D eigenvalue weighted by Crippen LogP contribution is 2.25. The molecule has 0 aliphatic heterocycles. The van der Waals surface area contributed by atoms with E-state index in [9.17, 15) is 13.2 Å². The van der Waals surface area contributed by atoms with Crippen LogP contribution in [0.3, 0.4) is 0 Å². The Bertz CT molecular complexity index is 581. The van der Waals surface area contributed by atoms with E-state index in [1.807, 2.05) is 19.9 Å². The molecule has 0 bridgehead atoms. The summed E-state index contributed by atoms with van der Waals surface area (Å²) in [6, 6.07) is 5.36. The maximum absolute atomic E-state index is 12.1. The molecule has 1 aliphatic carbocycles. The molecule has 0 unspecified atom stereocenters. The lowest BCUT2D eigenvalue weighted by atomic mass is 10.0. The minimum absolute atomic E-state index is 0.282. The van der Waals surface area contributed by atoms with E-state index in [1.54, 1.807) is 12.1 Å². The Labute approximate surface area is 114 Å². The summed E-state index contributed by atoms with van der Waals surface area (Å²) in [7, 11) is -3.28. The van der Waals surface area contributed by atoms with E-state index in [0.717, 1.165) is 24.0 Å². The van der Waals surface area contributed by atoms with E-state index in [0.29, 0.717) is 18.4 Å². The average Bonchev–Trinajstić information content (AvgIpc) is 2.86. The number of hydrogen-bond acceptors (Lipinski definition) is 3. The first kappa shape index (κ1) is 14.3. The predicted octanol–water partition coefficient (Wildman–Crippen LogP) is 2.84. The summed E-state index contributed by atoms with van der Waals surface area (Å²) in [6.07, 6.45) is 3.34. The number of benzene rings is 1. The number of carbonyl (C=O) groups is 1. The van der Waals surface area contributed by atoms with Crippen LogP contribution in [0.15, 0.2) is 18.2 Å². The summed E-state index contributed by atoms with van der Waals surface area (Å²) in [5.41, 5.74) is 2.63. The van der Waals surface area contributed by atoms with Crippen LogP contribution in [0, 0.1) is 13.8 Å². The summed E-state index contributed by atoms with van der Waals surface area (Å²) < 4.78 is 24.3. The topological polar surface area (TPSA) is 51.2 Å². The lowest BCUT2D eigenvalue weighted by Crippen LogP contribution is -2.26. The normalized spacial score (nSPS) is 16.7. The molecule has 0 N–H and O–H groups in total. The van der Waals surface area contributed by atoms with Gasteiger partial charge in [0, 0.05) is 5.56 Å². The van der Waals surface area contributed by atoms with Crippen molar-refractivity contribution in [3.8, 4) is 0 Å². The monoisotopic (exact) mass is 280 g/mol. The molecule has 0 radical (unpaired) electrons. The lowest BCUT2D eigenvalue weighted by molar-refractivity contribution is 0.102. The second kappa shape index (κ2) is 5.45. The van der Waals surface area contributed by atoms with Crippen molar-refractivity contribution in [2.24, 2.45) is 0 Å². The summed E-state index contributed by atoms with van der Waals surface area (Å²) in [4.78, 5) is 12.1. The van der Waals surface area contributed by atoms with Gasteiger partial charge in [0.25, 0.3) is 0 Å². The van der Waals surface area contributed by atoms with Gasteiger partial charge in [0.15, 0.2) is 15.6 Å². The molecule has 1 saturated carbocycles. The molecule has 2 rings (SSSR count). The number of carbonyl (C=O) groups excluding carboxylic acids is 1. The standard InChI is InChI=1S/C15H20O3S/c1-11-7-8-13(9-12(11)2)15(16)10-19(17,18)14-5-3-4-6-14/h7-9,14H,3-6,10H2,1-2H3. The van der Waals surface area contributed by atoms with E-state index < -0.39 is 9.84 Å². The smallest absolute Gasteiger partial charge is 0.177 e. The van der Waals surface area contributed by atoms with Crippen molar-refractivity contribution in [1.29, 1.82) is 0 Å². The maximum Gasteiger partial charge on any atom is 0.177 e. The zero-order valence-electron chi connectivity index (χ0n) is 11.5. The summed E-state index contributed by atoms with van der Waals surface area (Å²) in [5.74, 6) is -0.629. The van der Waals surface area contributed by atoms with E-state index >= 15 is 0 Å². The van der Waals surface area contributed by atoms with Gasteiger partial charge in [0.05, 0.1) is 5.25 Å². The zero-order chi connectivity index (χ0) is 14.0. The van der Waals surface area contributed by atoms with Crippen molar-refractivity contribution in [2.45, 2.75) is 44.8 Å². The predicted molar refractivity (Wildman–Crippen MR) is 76.3 cm³/mol. The second-order valence-corrected chi connectivity index (χ2v) is 7.72. The minimum atomic E-state index is -3.28. The fourth-order valence-corrected chi connectivity index (χ4v) is 4.37. The van der Waals surface area contributed by atoms with Gasteiger partial charge in [-0.25, -0.2) is 8.42 Å². The van der Waals surface area contributed by atoms with E-state index in [1.165, 1.54) is 0 Å². The van der Waals surface area contributed by atoms with Crippen LogP contribution in [0.1, 0.15) is 47.2 Å². The van der Waals surface area contributed by atoms with Crippen LogP contribution in [-0.4, -0.2) is 25.2 Å². The Kier molecular flexibility index (Phi) is 4.09. The number of aryl methyl sites for hydroxylation is 2. The average molecular weight is 280 g/mol. The third kappa shape index (κ3) is 3.24. The molecule has 4 heteroatoms. The molecule has 0 amide bonds. The largest absolute Gasteiger partial charge is 0.293 e. The van der Waals surface area contributed by atoms with Crippen LogP contribution in [0.25, 0.3) is 0 Å². The van der Waals surface area contributed by atoms with Crippen LogP contribution < -0.4 is 0 Å². The van der Waals surface area contributed by atoms with Gasteiger partial charge >= 0.3 is 0 Å². The fourth-order valence-electron chi connectivity index (χ4n) is 2.55. The first-order valence-corrected chi connectivity index (χ1v) is 8.44. The lowest BCUT2D eigenvalue weighted by Gasteiger charge is -2.10. The van der Waals surface area contributed by atoms with Crippen LogP contribution in [0.2, 0.25) is 0 Å². The molecule has 19 heavy (non-hydrogen) atoms. The highest BCUT2D eigenvalue weighted by Gasteiger charge is 2.30. The quantitative estimate of drug-likeness (QED) is 0.797. The summed E-state index contributed by atoms with van der Waals surface area (Å²) in [6.45, 7) is 3.90. The molecular weight excluding hydrogens is 260 g/mol. The van der Waals surface area contributed by atoms with Gasteiger partial charge < -0.3 is 0 Å². The van der Waals surface area contributed by atoms with Gasteiger partial charge in [-0.3, -0.25) is 4.79 Å². The highest BCUT2D eigenvalue weighted by molar-refractivity contribution is 7.92. The molecule has 3 nitrogen and oxygen atoms in total. The second-order valence-electron chi connectivity index (χ2n) is 5.44. The third-order valence-corrected chi connectivity index (χ3v) is 6.12. The van der Waals surface area contributed by atoms with Crippen LogP contribution in [0.4, 0.5) is 0 Å². The van der Waals surface area contributed by atoms with Gasteiger partial charge in [0.1, 0.15) is 5.75 Å². The SMILES string of the molecule is Cc1ccc(C(=O)CS(=O)(=O)C2CCCC2)cc1C. The van der Waals surface area contributed by atoms with Crippen molar-refractivity contribution in [1.82, 2.24) is 0 Å². The van der Waals surface area contributed by atoms with Crippen molar-refractivity contribution >= 4 is 15.6 Å². The van der Waals surface area contributed by atoms with Crippen molar-refractivity contribution in [3.63, 3.8) is 0 Å². The molecule has 1 aromatic rings. The van der Waals surface area contributed by atoms with E-state index in [4.69, 9.17) is 0 Å². The minimum Gasteiger partial charge on any atom is -0.293 e. The Morgan fingerprint density at radius 2 is 1.79 bits per heavy atom. The Morgan fingerprint density at radius 3 is 2.37 bits per heavy atom. The number of ketones is 1. The van der Waals surface area contributed by atoms with Crippen molar-refractivity contribution in [2.75, 3.05) is 5.75 Å². The molecule has 0 aromatic heterocycles. The Morgan fingerprint density at radius 1 is 1.16 bits per heavy atom. The van der Waals surface area contributed by atoms with Gasteiger partial charge in [0.2, 0.25) is 0 Å². The number of hydrogen-bond donors (Lipinski definition) is 0. The van der Waals surface area contributed by atoms with Crippen LogP contribution in [0.5, 0.6) is 0 Å². The van der Waals surface area contributed by atoms with Gasteiger partial charge in [-0.1, -0.05) is 25.0 Å². The maximum atomic E-state index is 12.1. The van der Waals surface area contributed by atoms with E-state index in [-0.39, 0.29) is 16.8 Å². The number of Topliss-reactive ketones (excluding diaryl/α,β-unsaturated/α-hetero) is 1. The number of rotatable bonds is 4. The van der Waals surface area contributed by atoms with Gasteiger partial charge in [-0.2, -0.15) is 0 Å². The molecule has 1 aromatic carbocycles. The third-order valence-electron chi connectivity index (χ3n) is 3.97. The summed E-state index contributed by atoms with van der Waals surface area (Å²) in [5, 5.41) is -0.303. The highest BCUT2D eigenvalue weighted by atomic mass is 32.2. The number of sulfone groups is 1. The molecule has 0 atom stereocenters. The first-order valence-electron chi connectivity index (χ1n) is 6.72. The first-order chi connectivity index (χ1) is 8.90. The molecule has 1 aliphatic rings. The molecule has 0 saturated heterocycles. The molecule has 0 heterocycles. The van der Waals surface area contributed by atoms with Gasteiger partial charge in [-0.05, 0) is 43.9 Å². The van der Waals surface area contributed by atoms with Crippen LogP contribution >= 0.6 is 0 Å². The Hall–Kier alpha value is -1.16. The Balaban J connectivity index is 2.14. The van der Waals surface area contributed by atoms with Gasteiger partial charge in [-0.15, -0.1) is 0 Å². The molecule has 104 valence electrons. The molecular formula is C15H20O3S. The van der Waals surface area contributed by atoms with E-state index in [2.05, 4.69) is 0 Å². The van der Waals surface area contributed by atoms with Crippen molar-refractivity contribution in [3.05, 3.63) is 34.9 Å². The van der Waals surface area contributed by atoms with Crippen LogP contribution in [-0.2, 0) is 9.84 Å². The van der Waals surface area contributed by atoms with Crippen molar-refractivity contribution < 1.29 is 13.2 Å². The molecule has 1 fully saturated rings. The molecule has 0 spiro atoms. The zero-order valence-corrected chi connectivity index (χ0v) is 12.3.